The smallest absolute Gasteiger partial charge is 0.178 e. The molecular weight excluding hydrogens is 378 g/mol. The van der Waals surface area contributed by atoms with Gasteiger partial charge in [0, 0.05) is 50.6 Å². The molecule has 0 aliphatic carbocycles. The molecule has 0 aromatic carbocycles. The third kappa shape index (κ3) is 3.17. The van der Waals surface area contributed by atoms with Crippen LogP contribution >= 0.6 is 0 Å². The summed E-state index contributed by atoms with van der Waals surface area (Å²) in [4.78, 5) is 16.1. The van der Waals surface area contributed by atoms with Crippen LogP contribution in [0.1, 0.15) is 37.9 Å². The van der Waals surface area contributed by atoms with Gasteiger partial charge in [0.1, 0.15) is 18.0 Å². The summed E-state index contributed by atoms with van der Waals surface area (Å²) in [6.07, 6.45) is 2.70. The maximum Gasteiger partial charge on any atom is 0.178 e. The van der Waals surface area contributed by atoms with Gasteiger partial charge in [0.15, 0.2) is 11.5 Å². The largest absolute Gasteiger partial charge is 0.353 e. The van der Waals surface area contributed by atoms with Crippen LogP contribution in [0.4, 0.5) is 11.6 Å². The fourth-order valence-electron chi connectivity index (χ4n) is 4.24. The lowest BCUT2D eigenvalue weighted by atomic mass is 9.96. The summed E-state index contributed by atoms with van der Waals surface area (Å²) in [6, 6.07) is 4.43. The number of likely N-dealkylation sites (N-methyl/N-ethyl adjacent to an activating group) is 2. The molecule has 1 fully saturated rings. The summed E-state index contributed by atoms with van der Waals surface area (Å²) in [5.41, 5.74) is 3.14. The van der Waals surface area contributed by atoms with Gasteiger partial charge < -0.3 is 14.7 Å². The monoisotopic (exact) mass is 407 g/mol. The number of fused-ring (bicyclic) bond motifs is 2. The van der Waals surface area contributed by atoms with Gasteiger partial charge in [0.2, 0.25) is 0 Å². The van der Waals surface area contributed by atoms with E-state index in [-0.39, 0.29) is 5.41 Å². The highest BCUT2D eigenvalue weighted by Crippen LogP contribution is 2.30. The maximum atomic E-state index is 4.84. The minimum atomic E-state index is -0.109. The van der Waals surface area contributed by atoms with Crippen LogP contribution in [0.3, 0.4) is 0 Å². The summed E-state index contributed by atoms with van der Waals surface area (Å²) in [5.74, 6) is 2.90. The first kappa shape index (κ1) is 19.2. The molecule has 0 unspecified atom stereocenters. The summed E-state index contributed by atoms with van der Waals surface area (Å²) in [7, 11) is 4.30. The number of aromatic nitrogens is 6. The zero-order valence-corrected chi connectivity index (χ0v) is 18.4. The Labute approximate surface area is 176 Å². The van der Waals surface area contributed by atoms with Crippen molar-refractivity contribution in [2.75, 3.05) is 43.5 Å². The minimum absolute atomic E-state index is 0.109. The minimum Gasteiger partial charge on any atom is -0.353 e. The Hall–Kier alpha value is -2.81. The number of hydrogen-bond donors (Lipinski definition) is 0. The van der Waals surface area contributed by atoms with E-state index in [0.717, 1.165) is 55.7 Å². The van der Waals surface area contributed by atoms with Gasteiger partial charge in [0.05, 0.1) is 11.7 Å². The molecule has 0 saturated carbocycles. The van der Waals surface area contributed by atoms with Crippen LogP contribution in [-0.2, 0) is 18.4 Å². The molecule has 1 saturated heterocycles. The van der Waals surface area contributed by atoms with E-state index in [1.54, 1.807) is 6.33 Å². The summed E-state index contributed by atoms with van der Waals surface area (Å²) in [5, 5.41) is 13.4. The van der Waals surface area contributed by atoms with Crippen molar-refractivity contribution in [1.29, 1.82) is 0 Å². The highest BCUT2D eigenvalue weighted by atomic mass is 15.4. The van der Waals surface area contributed by atoms with Gasteiger partial charge in [-0.3, -0.25) is 0 Å². The molecule has 0 N–H and O–H groups in total. The van der Waals surface area contributed by atoms with Crippen molar-refractivity contribution in [3.63, 3.8) is 0 Å². The van der Waals surface area contributed by atoms with E-state index in [0.29, 0.717) is 6.04 Å². The SMILES string of the molecule is CN1CCc2ncnc(N(C)C3CN(c4ccc5nnc(C(C)(C)C)n5n4)C3)c2C1. The highest BCUT2D eigenvalue weighted by molar-refractivity contribution is 5.54. The van der Waals surface area contributed by atoms with Gasteiger partial charge in [-0.15, -0.1) is 15.3 Å². The second-order valence-corrected chi connectivity index (χ2v) is 9.52. The van der Waals surface area contributed by atoms with E-state index >= 15 is 0 Å². The number of anilines is 2. The van der Waals surface area contributed by atoms with Crippen LogP contribution in [0, 0.1) is 0 Å². The second kappa shape index (κ2) is 6.87. The molecular formula is C21H29N9. The Bertz CT molecular complexity index is 1080. The van der Waals surface area contributed by atoms with E-state index in [2.05, 4.69) is 69.7 Å². The molecule has 158 valence electrons. The van der Waals surface area contributed by atoms with Gasteiger partial charge in [-0.05, 0) is 19.2 Å². The molecule has 0 bridgehead atoms. The summed E-state index contributed by atoms with van der Waals surface area (Å²) in [6.45, 7) is 10.2. The topological polar surface area (TPSA) is 78.6 Å². The molecule has 30 heavy (non-hydrogen) atoms. The summed E-state index contributed by atoms with van der Waals surface area (Å²) >= 11 is 0. The molecule has 2 aliphatic rings. The van der Waals surface area contributed by atoms with Crippen molar-refractivity contribution in [2.45, 2.75) is 45.2 Å². The Morgan fingerprint density at radius 3 is 2.67 bits per heavy atom. The van der Waals surface area contributed by atoms with Crippen LogP contribution in [0.5, 0.6) is 0 Å². The van der Waals surface area contributed by atoms with E-state index in [1.807, 2.05) is 16.6 Å². The molecule has 0 spiro atoms. The van der Waals surface area contributed by atoms with E-state index in [9.17, 15) is 0 Å². The molecule has 2 aliphatic heterocycles. The third-order valence-electron chi connectivity index (χ3n) is 6.16. The van der Waals surface area contributed by atoms with Crippen LogP contribution in [0.25, 0.3) is 5.65 Å². The van der Waals surface area contributed by atoms with Crippen molar-refractivity contribution >= 4 is 17.3 Å². The van der Waals surface area contributed by atoms with Crippen molar-refractivity contribution in [3.8, 4) is 0 Å². The van der Waals surface area contributed by atoms with Crippen LogP contribution in [-0.4, -0.2) is 74.5 Å². The molecule has 9 nitrogen and oxygen atoms in total. The Balaban J connectivity index is 1.34. The Morgan fingerprint density at radius 2 is 1.90 bits per heavy atom. The molecule has 3 aromatic rings. The Kier molecular flexibility index (Phi) is 4.39. The van der Waals surface area contributed by atoms with Crippen LogP contribution in [0.15, 0.2) is 18.5 Å². The van der Waals surface area contributed by atoms with Crippen molar-refractivity contribution in [3.05, 3.63) is 35.5 Å². The van der Waals surface area contributed by atoms with Crippen molar-refractivity contribution in [1.82, 2.24) is 34.7 Å². The number of hydrogen-bond acceptors (Lipinski definition) is 8. The van der Waals surface area contributed by atoms with Crippen molar-refractivity contribution < 1.29 is 0 Å². The third-order valence-corrected chi connectivity index (χ3v) is 6.16. The normalized spacial score (nSPS) is 17.8. The average Bonchev–Trinajstić information content (AvgIpc) is 3.10. The molecule has 3 aromatic heterocycles. The number of rotatable bonds is 3. The molecule has 0 radical (unpaired) electrons. The Morgan fingerprint density at radius 1 is 1.10 bits per heavy atom. The predicted octanol–water partition coefficient (Wildman–Crippen LogP) is 1.52. The van der Waals surface area contributed by atoms with Gasteiger partial charge in [-0.2, -0.15) is 4.52 Å². The lowest BCUT2D eigenvalue weighted by molar-refractivity contribution is 0.308. The zero-order valence-electron chi connectivity index (χ0n) is 18.4. The fraction of sp³-hybridized carbons (Fsp3) is 0.571. The van der Waals surface area contributed by atoms with Gasteiger partial charge in [0.25, 0.3) is 0 Å². The first-order valence-corrected chi connectivity index (χ1v) is 10.5. The molecule has 5 heterocycles. The van der Waals surface area contributed by atoms with E-state index in [1.165, 1.54) is 11.3 Å². The zero-order chi connectivity index (χ0) is 21.0. The van der Waals surface area contributed by atoms with E-state index in [4.69, 9.17) is 5.10 Å². The molecule has 0 atom stereocenters. The van der Waals surface area contributed by atoms with Crippen LogP contribution in [0.2, 0.25) is 0 Å². The number of nitrogens with zero attached hydrogens (tertiary/aromatic N) is 9. The standard InChI is InChI=1S/C21H29N9/c1-21(2,3)20-25-24-17-6-7-18(26-30(17)20)29-10-14(11-29)28(5)19-15-12-27(4)9-8-16(15)22-13-23-19/h6-7,13-14H,8-12H2,1-5H3. The maximum absolute atomic E-state index is 4.84. The average molecular weight is 408 g/mol. The van der Waals surface area contributed by atoms with E-state index < -0.39 is 0 Å². The lowest BCUT2D eigenvalue weighted by Crippen LogP contribution is -2.59. The summed E-state index contributed by atoms with van der Waals surface area (Å²) < 4.78 is 1.88. The first-order chi connectivity index (χ1) is 14.3. The molecule has 9 heteroatoms. The van der Waals surface area contributed by atoms with Crippen molar-refractivity contribution in [2.24, 2.45) is 0 Å². The second-order valence-electron chi connectivity index (χ2n) is 9.52. The molecule has 5 rings (SSSR count). The van der Waals surface area contributed by atoms with Crippen LogP contribution < -0.4 is 9.80 Å². The first-order valence-electron chi connectivity index (χ1n) is 10.5. The van der Waals surface area contributed by atoms with Gasteiger partial charge >= 0.3 is 0 Å². The van der Waals surface area contributed by atoms with Gasteiger partial charge in [-0.25, -0.2) is 9.97 Å². The predicted molar refractivity (Wildman–Crippen MR) is 116 cm³/mol. The fourth-order valence-corrected chi connectivity index (χ4v) is 4.24. The molecule has 0 amide bonds. The lowest BCUT2D eigenvalue weighted by Gasteiger charge is -2.45. The van der Waals surface area contributed by atoms with Gasteiger partial charge in [-0.1, -0.05) is 20.8 Å². The quantitative estimate of drug-likeness (QED) is 0.647. The highest BCUT2D eigenvalue weighted by Gasteiger charge is 2.34.